The topological polar surface area (TPSA) is 81.1 Å². The van der Waals surface area contributed by atoms with E-state index in [0.29, 0.717) is 0 Å². The average Bonchev–Trinajstić information content (AvgIpc) is 2.63. The summed E-state index contributed by atoms with van der Waals surface area (Å²) in [6.45, 7) is 1.77. The molecular formula is C10H8FN3O3. The number of halogens is 1. The van der Waals surface area contributed by atoms with Gasteiger partial charge in [0.25, 0.3) is 5.69 Å². The van der Waals surface area contributed by atoms with E-state index in [0.717, 1.165) is 23.9 Å². The van der Waals surface area contributed by atoms with Gasteiger partial charge in [0.1, 0.15) is 11.6 Å². The van der Waals surface area contributed by atoms with Gasteiger partial charge in [-0.15, -0.1) is 5.10 Å². The number of nitro groups is 1. The monoisotopic (exact) mass is 237 g/mol. The third-order valence-electron chi connectivity index (χ3n) is 1.97. The molecule has 17 heavy (non-hydrogen) atoms. The highest BCUT2D eigenvalue weighted by molar-refractivity contribution is 5.40. The Kier molecular flexibility index (Phi) is 2.73. The number of ether oxygens (including phenoxy) is 1. The highest BCUT2D eigenvalue weighted by atomic mass is 19.1. The summed E-state index contributed by atoms with van der Waals surface area (Å²) in [5, 5.41) is 16.9. The summed E-state index contributed by atoms with van der Waals surface area (Å²) in [7, 11) is 0. The van der Waals surface area contributed by atoms with Gasteiger partial charge in [-0.05, 0) is 6.92 Å². The van der Waals surface area contributed by atoms with Crippen molar-refractivity contribution in [3.8, 4) is 11.6 Å². The van der Waals surface area contributed by atoms with Crippen LogP contribution in [0.5, 0.6) is 11.6 Å². The predicted octanol–water partition coefficient (Wildman–Crippen LogP) is 2.56. The van der Waals surface area contributed by atoms with Gasteiger partial charge in [-0.1, -0.05) is 0 Å². The normalized spacial score (nSPS) is 10.2. The van der Waals surface area contributed by atoms with Crippen LogP contribution >= 0.6 is 0 Å². The summed E-state index contributed by atoms with van der Waals surface area (Å²) >= 11 is 0. The second kappa shape index (κ2) is 4.20. The minimum Gasteiger partial charge on any atom is -0.437 e. The van der Waals surface area contributed by atoms with Crippen molar-refractivity contribution in [2.24, 2.45) is 0 Å². The van der Waals surface area contributed by atoms with Gasteiger partial charge in [0.05, 0.1) is 17.1 Å². The molecule has 6 nitrogen and oxygen atoms in total. The van der Waals surface area contributed by atoms with E-state index in [4.69, 9.17) is 4.74 Å². The van der Waals surface area contributed by atoms with Gasteiger partial charge in [-0.25, -0.2) is 4.39 Å². The molecule has 0 amide bonds. The second-order valence-corrected chi connectivity index (χ2v) is 3.39. The Morgan fingerprint density at radius 1 is 1.41 bits per heavy atom. The van der Waals surface area contributed by atoms with Crippen LogP contribution in [0.4, 0.5) is 10.1 Å². The van der Waals surface area contributed by atoms with Crippen LogP contribution in [-0.4, -0.2) is 15.1 Å². The molecule has 88 valence electrons. The molecule has 0 fully saturated rings. The van der Waals surface area contributed by atoms with Crippen molar-refractivity contribution in [3.05, 3.63) is 45.9 Å². The van der Waals surface area contributed by atoms with Crippen LogP contribution in [0, 0.1) is 22.9 Å². The summed E-state index contributed by atoms with van der Waals surface area (Å²) < 4.78 is 18.3. The summed E-state index contributed by atoms with van der Waals surface area (Å²) in [5.41, 5.74) is 0.401. The number of H-pyrrole nitrogens is 1. The van der Waals surface area contributed by atoms with Crippen LogP contribution in [-0.2, 0) is 0 Å². The van der Waals surface area contributed by atoms with E-state index in [1.54, 1.807) is 13.0 Å². The highest BCUT2D eigenvalue weighted by Gasteiger charge is 2.11. The molecule has 1 aromatic heterocycles. The van der Waals surface area contributed by atoms with Crippen LogP contribution in [0.15, 0.2) is 24.3 Å². The van der Waals surface area contributed by atoms with E-state index in [1.807, 2.05) is 0 Å². The first-order chi connectivity index (χ1) is 8.04. The Hall–Kier alpha value is -2.44. The van der Waals surface area contributed by atoms with Gasteiger partial charge in [0.15, 0.2) is 0 Å². The van der Waals surface area contributed by atoms with E-state index in [-0.39, 0.29) is 17.3 Å². The zero-order chi connectivity index (χ0) is 12.4. The van der Waals surface area contributed by atoms with Crippen molar-refractivity contribution in [2.75, 3.05) is 0 Å². The van der Waals surface area contributed by atoms with Crippen molar-refractivity contribution in [2.45, 2.75) is 6.92 Å². The van der Waals surface area contributed by atoms with Crippen LogP contribution in [0.25, 0.3) is 0 Å². The molecule has 0 unspecified atom stereocenters. The Morgan fingerprint density at radius 2 is 2.18 bits per heavy atom. The number of rotatable bonds is 3. The lowest BCUT2D eigenvalue weighted by molar-refractivity contribution is -0.385. The van der Waals surface area contributed by atoms with Gasteiger partial charge in [-0.3, -0.25) is 15.2 Å². The number of nitro benzene ring substituents is 1. The molecule has 0 atom stereocenters. The predicted molar refractivity (Wildman–Crippen MR) is 56.5 cm³/mol. The fourth-order valence-corrected chi connectivity index (χ4v) is 1.28. The van der Waals surface area contributed by atoms with Crippen molar-refractivity contribution in [1.82, 2.24) is 10.2 Å². The number of nitrogens with one attached hydrogen (secondary N) is 1. The average molecular weight is 237 g/mol. The zero-order valence-corrected chi connectivity index (χ0v) is 8.81. The number of non-ortho nitro benzene ring substituents is 1. The van der Waals surface area contributed by atoms with Gasteiger partial charge >= 0.3 is 0 Å². The first kappa shape index (κ1) is 11.1. The molecule has 1 N–H and O–H groups in total. The summed E-state index contributed by atoms with van der Waals surface area (Å²) in [4.78, 5) is 9.83. The highest BCUT2D eigenvalue weighted by Crippen LogP contribution is 2.25. The maximum atomic E-state index is 13.1. The number of hydrogen-bond donors (Lipinski definition) is 1. The Balaban J connectivity index is 2.29. The van der Waals surface area contributed by atoms with Gasteiger partial charge in [0.2, 0.25) is 5.88 Å². The van der Waals surface area contributed by atoms with Crippen LogP contribution in [0.3, 0.4) is 0 Å². The van der Waals surface area contributed by atoms with Crippen LogP contribution < -0.4 is 4.74 Å². The smallest absolute Gasteiger partial charge is 0.276 e. The number of aryl methyl sites for hydroxylation is 1. The van der Waals surface area contributed by atoms with Gasteiger partial charge < -0.3 is 4.74 Å². The van der Waals surface area contributed by atoms with E-state index < -0.39 is 10.7 Å². The Bertz CT molecular complexity index is 568. The quantitative estimate of drug-likeness (QED) is 0.657. The molecule has 0 spiro atoms. The summed E-state index contributed by atoms with van der Waals surface area (Å²) in [6, 6.07) is 4.60. The Morgan fingerprint density at radius 3 is 2.76 bits per heavy atom. The number of hydrogen-bond acceptors (Lipinski definition) is 4. The number of benzene rings is 1. The zero-order valence-electron chi connectivity index (χ0n) is 8.81. The molecule has 0 aliphatic heterocycles. The minimum absolute atomic E-state index is 0.0307. The first-order valence-electron chi connectivity index (χ1n) is 4.69. The van der Waals surface area contributed by atoms with Gasteiger partial charge in [-0.2, -0.15) is 0 Å². The molecule has 0 saturated carbocycles. The SMILES string of the molecule is Cc1cc(Oc2cc(F)cc([N+](=O)[O-])c2)n[nH]1. The summed E-state index contributed by atoms with van der Waals surface area (Å²) in [6.07, 6.45) is 0. The molecule has 0 aliphatic rings. The van der Waals surface area contributed by atoms with E-state index in [9.17, 15) is 14.5 Å². The third-order valence-corrected chi connectivity index (χ3v) is 1.97. The largest absolute Gasteiger partial charge is 0.437 e. The lowest BCUT2D eigenvalue weighted by Gasteiger charge is -2.01. The molecule has 2 rings (SSSR count). The molecule has 7 heteroatoms. The molecule has 0 bridgehead atoms. The summed E-state index contributed by atoms with van der Waals surface area (Å²) in [5.74, 6) is -0.480. The first-order valence-corrected chi connectivity index (χ1v) is 4.69. The lowest BCUT2D eigenvalue weighted by atomic mass is 10.3. The van der Waals surface area contributed by atoms with E-state index >= 15 is 0 Å². The van der Waals surface area contributed by atoms with Crippen LogP contribution in [0.1, 0.15) is 5.69 Å². The third kappa shape index (κ3) is 2.57. The van der Waals surface area contributed by atoms with Crippen molar-refractivity contribution >= 4 is 5.69 Å². The number of nitrogens with zero attached hydrogens (tertiary/aromatic N) is 2. The molecule has 0 radical (unpaired) electrons. The molecule has 2 aromatic rings. The standard InChI is InChI=1S/C10H8FN3O3/c1-6-2-10(13-12-6)17-9-4-7(11)3-8(5-9)14(15)16/h2-5H,1H3,(H,12,13). The fraction of sp³-hybridized carbons (Fsp3) is 0.100. The minimum atomic E-state index is -0.735. The molecule has 0 aliphatic carbocycles. The van der Waals surface area contributed by atoms with E-state index in [2.05, 4.69) is 10.2 Å². The van der Waals surface area contributed by atoms with Crippen LogP contribution in [0.2, 0.25) is 0 Å². The maximum Gasteiger partial charge on any atom is 0.276 e. The van der Waals surface area contributed by atoms with Crippen molar-refractivity contribution in [1.29, 1.82) is 0 Å². The Labute approximate surface area is 95.2 Å². The van der Waals surface area contributed by atoms with Crippen molar-refractivity contribution in [3.63, 3.8) is 0 Å². The second-order valence-electron chi connectivity index (χ2n) is 3.39. The lowest BCUT2D eigenvalue weighted by Crippen LogP contribution is -1.91. The number of aromatic amines is 1. The molecule has 1 aromatic carbocycles. The van der Waals surface area contributed by atoms with E-state index in [1.165, 1.54) is 0 Å². The molecule has 0 saturated heterocycles. The maximum absolute atomic E-state index is 13.1. The molecule has 1 heterocycles. The number of aromatic nitrogens is 2. The fourth-order valence-electron chi connectivity index (χ4n) is 1.28. The van der Waals surface area contributed by atoms with Crippen molar-refractivity contribution < 1.29 is 14.1 Å². The molecular weight excluding hydrogens is 229 g/mol. The van der Waals surface area contributed by atoms with Gasteiger partial charge in [0, 0.05) is 17.8 Å².